The van der Waals surface area contributed by atoms with Crippen LogP contribution in [-0.4, -0.2) is 34.3 Å². The summed E-state index contributed by atoms with van der Waals surface area (Å²) in [5, 5.41) is 10.9. The predicted molar refractivity (Wildman–Crippen MR) is 101 cm³/mol. The van der Waals surface area contributed by atoms with Gasteiger partial charge in [-0.3, -0.25) is 4.57 Å². The molecule has 1 aliphatic rings. The number of aromatic nitrogens is 2. The number of methoxy groups -OCH3 is 1. The highest BCUT2D eigenvalue weighted by Crippen LogP contribution is 2.29. The van der Waals surface area contributed by atoms with Gasteiger partial charge in [0, 0.05) is 4.98 Å². The molecule has 29 heavy (non-hydrogen) atoms. The van der Waals surface area contributed by atoms with Gasteiger partial charge in [-0.05, 0) is 33.7 Å². The molecular weight excluding hydrogens is 381 g/mol. The van der Waals surface area contributed by atoms with Crippen LogP contribution in [0.3, 0.4) is 0 Å². The molecular formula is C20H18FN3O5. The Balaban J connectivity index is 1.48. The number of ether oxygens (including phenoxy) is 3. The Labute approximate surface area is 165 Å². The van der Waals surface area contributed by atoms with Crippen LogP contribution in [0.1, 0.15) is 5.56 Å². The van der Waals surface area contributed by atoms with E-state index in [1.165, 1.54) is 19.4 Å². The van der Waals surface area contributed by atoms with Crippen LogP contribution in [0.2, 0.25) is 0 Å². The monoisotopic (exact) mass is 399 g/mol. The summed E-state index contributed by atoms with van der Waals surface area (Å²) in [5.41, 5.74) is 2.46. The van der Waals surface area contributed by atoms with Crippen molar-refractivity contribution >= 4 is 5.82 Å². The number of halogens is 1. The minimum absolute atomic E-state index is 0.187. The third-order valence-electron chi connectivity index (χ3n) is 4.67. The van der Waals surface area contributed by atoms with Gasteiger partial charge >= 0.3 is 11.8 Å². The van der Waals surface area contributed by atoms with E-state index in [9.17, 15) is 14.5 Å². The molecule has 0 spiro atoms. The second-order valence-electron chi connectivity index (χ2n) is 6.54. The van der Waals surface area contributed by atoms with E-state index < -0.39 is 10.7 Å². The Morgan fingerprint density at radius 1 is 1.34 bits per heavy atom. The van der Waals surface area contributed by atoms with Crippen LogP contribution in [-0.2, 0) is 17.9 Å². The molecule has 9 heteroatoms. The van der Waals surface area contributed by atoms with E-state index >= 15 is 0 Å². The normalized spacial score (nSPS) is 15.4. The fourth-order valence-corrected chi connectivity index (χ4v) is 3.23. The first-order valence-corrected chi connectivity index (χ1v) is 8.93. The van der Waals surface area contributed by atoms with Gasteiger partial charge in [0.15, 0.2) is 11.6 Å². The van der Waals surface area contributed by atoms with Crippen molar-refractivity contribution in [1.29, 1.82) is 0 Å². The van der Waals surface area contributed by atoms with E-state index in [0.29, 0.717) is 6.54 Å². The van der Waals surface area contributed by atoms with Crippen molar-refractivity contribution in [3.05, 3.63) is 70.2 Å². The number of nitro groups is 1. The Kier molecular flexibility index (Phi) is 5.13. The van der Waals surface area contributed by atoms with Gasteiger partial charge in [-0.25, -0.2) is 4.39 Å². The van der Waals surface area contributed by atoms with Gasteiger partial charge in [-0.15, -0.1) is 0 Å². The van der Waals surface area contributed by atoms with Crippen molar-refractivity contribution in [2.24, 2.45) is 0 Å². The van der Waals surface area contributed by atoms with E-state index in [2.05, 4.69) is 4.98 Å². The van der Waals surface area contributed by atoms with Gasteiger partial charge in [-0.1, -0.05) is 30.3 Å². The fourth-order valence-electron chi connectivity index (χ4n) is 3.23. The second-order valence-corrected chi connectivity index (χ2v) is 6.54. The van der Waals surface area contributed by atoms with Crippen molar-refractivity contribution in [3.63, 3.8) is 0 Å². The lowest BCUT2D eigenvalue weighted by atomic mass is 10.00. The van der Waals surface area contributed by atoms with Gasteiger partial charge in [0.25, 0.3) is 0 Å². The molecule has 1 aliphatic heterocycles. The Morgan fingerprint density at radius 2 is 2.17 bits per heavy atom. The van der Waals surface area contributed by atoms with Crippen molar-refractivity contribution < 1.29 is 23.5 Å². The summed E-state index contributed by atoms with van der Waals surface area (Å²) in [6.45, 7) is 0.924. The molecule has 0 N–H and O–H groups in total. The highest BCUT2D eigenvalue weighted by molar-refractivity contribution is 5.68. The minimum Gasteiger partial charge on any atom is -0.494 e. The predicted octanol–water partition coefficient (Wildman–Crippen LogP) is 3.58. The lowest BCUT2D eigenvalue weighted by Crippen LogP contribution is -2.32. The molecule has 2 heterocycles. The van der Waals surface area contributed by atoms with Crippen LogP contribution >= 0.6 is 0 Å². The Morgan fingerprint density at radius 3 is 2.93 bits per heavy atom. The molecule has 0 saturated heterocycles. The standard InChI is InChI=1S/C20H18FN3O5/c1-27-18-7-6-13(8-17(18)21)16-5-3-2-4-14(16)11-28-15-9-23-10-19(24(25)26)22-20(23)29-12-15/h2-8,10,15H,9,11-12H2,1H3/t15-/m0/s1. The average molecular weight is 399 g/mol. The SMILES string of the molecule is COc1ccc(-c2ccccc2CO[C@@H]2COc3nc([N+](=O)[O-])cn3C2)cc1F. The highest BCUT2D eigenvalue weighted by atomic mass is 19.1. The summed E-state index contributed by atoms with van der Waals surface area (Å²) in [6, 6.07) is 12.6. The molecule has 150 valence electrons. The first kappa shape index (κ1) is 18.9. The molecule has 2 aromatic carbocycles. The van der Waals surface area contributed by atoms with Crippen molar-refractivity contribution in [2.45, 2.75) is 19.3 Å². The first-order chi connectivity index (χ1) is 14.0. The van der Waals surface area contributed by atoms with E-state index in [-0.39, 0.29) is 36.9 Å². The van der Waals surface area contributed by atoms with E-state index in [1.54, 1.807) is 16.7 Å². The van der Waals surface area contributed by atoms with Gasteiger partial charge < -0.3 is 24.3 Å². The summed E-state index contributed by atoms with van der Waals surface area (Å²) in [5.74, 6) is -0.504. The molecule has 0 radical (unpaired) electrons. The number of imidazole rings is 1. The topological polar surface area (TPSA) is 88.7 Å². The lowest BCUT2D eigenvalue weighted by Gasteiger charge is -2.23. The molecule has 0 unspecified atom stereocenters. The van der Waals surface area contributed by atoms with Crippen LogP contribution in [0.5, 0.6) is 11.8 Å². The quantitative estimate of drug-likeness (QED) is 0.465. The number of rotatable bonds is 6. The number of hydrogen-bond acceptors (Lipinski definition) is 6. The van der Waals surface area contributed by atoms with Gasteiger partial charge in [0.2, 0.25) is 0 Å². The van der Waals surface area contributed by atoms with Crippen LogP contribution in [0.4, 0.5) is 10.2 Å². The zero-order valence-electron chi connectivity index (χ0n) is 15.6. The maximum Gasteiger partial charge on any atom is 0.414 e. The summed E-state index contributed by atoms with van der Waals surface area (Å²) < 4.78 is 32.1. The Hall–Kier alpha value is -3.46. The third-order valence-corrected chi connectivity index (χ3v) is 4.67. The summed E-state index contributed by atoms with van der Waals surface area (Å²) >= 11 is 0. The zero-order valence-corrected chi connectivity index (χ0v) is 15.6. The van der Waals surface area contributed by atoms with E-state index in [1.807, 2.05) is 24.3 Å². The van der Waals surface area contributed by atoms with E-state index in [4.69, 9.17) is 14.2 Å². The van der Waals surface area contributed by atoms with Crippen LogP contribution < -0.4 is 9.47 Å². The lowest BCUT2D eigenvalue weighted by molar-refractivity contribution is -0.389. The zero-order chi connectivity index (χ0) is 20.4. The molecule has 4 rings (SSSR count). The van der Waals surface area contributed by atoms with Crippen LogP contribution in [0, 0.1) is 15.9 Å². The molecule has 3 aromatic rings. The molecule has 0 saturated carbocycles. The molecule has 8 nitrogen and oxygen atoms in total. The van der Waals surface area contributed by atoms with Gasteiger partial charge in [0.1, 0.15) is 18.9 Å². The van der Waals surface area contributed by atoms with Crippen molar-refractivity contribution in [1.82, 2.24) is 9.55 Å². The largest absolute Gasteiger partial charge is 0.494 e. The number of hydrogen-bond donors (Lipinski definition) is 0. The molecule has 1 atom stereocenters. The number of fused-ring (bicyclic) bond motifs is 1. The smallest absolute Gasteiger partial charge is 0.414 e. The minimum atomic E-state index is -0.561. The summed E-state index contributed by atoms with van der Waals surface area (Å²) in [6.07, 6.45) is 1.04. The highest BCUT2D eigenvalue weighted by Gasteiger charge is 2.28. The first-order valence-electron chi connectivity index (χ1n) is 8.93. The van der Waals surface area contributed by atoms with Gasteiger partial charge in [0.05, 0.1) is 20.3 Å². The van der Waals surface area contributed by atoms with Crippen LogP contribution in [0.25, 0.3) is 11.1 Å². The van der Waals surface area contributed by atoms with Crippen LogP contribution in [0.15, 0.2) is 48.7 Å². The molecule has 0 bridgehead atoms. The second kappa shape index (κ2) is 7.88. The van der Waals surface area contributed by atoms with E-state index in [0.717, 1.165) is 16.7 Å². The molecule has 0 aliphatic carbocycles. The Bertz CT molecular complexity index is 1050. The third kappa shape index (κ3) is 3.90. The van der Waals surface area contributed by atoms with Crippen molar-refractivity contribution in [2.75, 3.05) is 13.7 Å². The summed E-state index contributed by atoms with van der Waals surface area (Å²) in [4.78, 5) is 14.1. The van der Waals surface area contributed by atoms with Crippen molar-refractivity contribution in [3.8, 4) is 22.9 Å². The molecule has 0 amide bonds. The average Bonchev–Trinajstić information content (AvgIpc) is 3.16. The maximum atomic E-state index is 14.1. The maximum absolute atomic E-state index is 14.1. The molecule has 1 aromatic heterocycles. The molecule has 0 fully saturated rings. The number of benzene rings is 2. The summed E-state index contributed by atoms with van der Waals surface area (Å²) in [7, 11) is 1.42. The fraction of sp³-hybridized carbons (Fsp3) is 0.250. The number of nitrogens with zero attached hydrogens (tertiary/aromatic N) is 3. The van der Waals surface area contributed by atoms with Gasteiger partial charge in [-0.2, -0.15) is 0 Å².